The summed E-state index contributed by atoms with van der Waals surface area (Å²) in [5.41, 5.74) is 1.98. The van der Waals surface area contributed by atoms with Crippen LogP contribution < -0.4 is 5.32 Å². The second-order valence-electron chi connectivity index (χ2n) is 3.85. The number of carbonyl (C=O) groups is 1. The zero-order valence-electron chi connectivity index (χ0n) is 8.74. The van der Waals surface area contributed by atoms with Crippen LogP contribution in [0.5, 0.6) is 0 Å². The summed E-state index contributed by atoms with van der Waals surface area (Å²) in [7, 11) is 0. The number of aromatic nitrogens is 1. The molecule has 6 heteroatoms. The van der Waals surface area contributed by atoms with Gasteiger partial charge in [-0.1, -0.05) is 15.9 Å². The lowest BCUT2D eigenvalue weighted by atomic mass is 9.92. The Hall–Kier alpha value is -0.460. The number of rotatable bonds is 3. The van der Waals surface area contributed by atoms with Crippen LogP contribution in [0.1, 0.15) is 23.3 Å². The van der Waals surface area contributed by atoms with Crippen molar-refractivity contribution in [2.24, 2.45) is 0 Å². The maximum Gasteiger partial charge on any atom is 0.271 e. The number of carbonyl (C=O) groups excluding carboxylic acids is 1. The molecule has 0 bridgehead atoms. The molecule has 0 radical (unpaired) electrons. The van der Waals surface area contributed by atoms with Gasteiger partial charge in [-0.3, -0.25) is 4.79 Å². The molecule has 0 spiro atoms. The van der Waals surface area contributed by atoms with Gasteiger partial charge in [0, 0.05) is 23.9 Å². The third-order valence-corrected chi connectivity index (χ3v) is 4.41. The van der Waals surface area contributed by atoms with E-state index in [1.165, 1.54) is 11.3 Å². The minimum Gasteiger partial charge on any atom is -0.381 e. The highest BCUT2D eigenvalue weighted by molar-refractivity contribution is 9.09. The van der Waals surface area contributed by atoms with Gasteiger partial charge in [-0.15, -0.1) is 11.3 Å². The molecule has 1 aliphatic rings. The number of alkyl halides is 1. The van der Waals surface area contributed by atoms with Crippen LogP contribution >= 0.6 is 27.3 Å². The molecular weight excluding hydrogens is 292 g/mol. The van der Waals surface area contributed by atoms with Crippen molar-refractivity contribution in [2.75, 3.05) is 18.5 Å². The van der Waals surface area contributed by atoms with Crippen LogP contribution in [0.4, 0.5) is 0 Å². The zero-order valence-corrected chi connectivity index (χ0v) is 11.1. The van der Waals surface area contributed by atoms with Crippen LogP contribution in [0.25, 0.3) is 0 Å². The maximum absolute atomic E-state index is 11.9. The molecule has 4 nitrogen and oxygen atoms in total. The Morgan fingerprint density at radius 2 is 2.38 bits per heavy atom. The summed E-state index contributed by atoms with van der Waals surface area (Å²) in [6.07, 6.45) is 1.68. The Bertz CT molecular complexity index is 350. The molecule has 1 aromatic rings. The molecule has 1 N–H and O–H groups in total. The summed E-state index contributed by atoms with van der Waals surface area (Å²) in [6.45, 7) is 1.39. The van der Waals surface area contributed by atoms with Crippen LogP contribution in [-0.4, -0.2) is 35.0 Å². The van der Waals surface area contributed by atoms with Gasteiger partial charge >= 0.3 is 0 Å². The smallest absolute Gasteiger partial charge is 0.271 e. The Morgan fingerprint density at radius 3 is 2.94 bits per heavy atom. The largest absolute Gasteiger partial charge is 0.381 e. The summed E-state index contributed by atoms with van der Waals surface area (Å²) in [5, 5.41) is 5.57. The Labute approximate surface area is 107 Å². The molecule has 1 aliphatic heterocycles. The quantitative estimate of drug-likeness (QED) is 0.867. The van der Waals surface area contributed by atoms with Crippen molar-refractivity contribution in [3.63, 3.8) is 0 Å². The molecule has 1 amide bonds. The highest BCUT2D eigenvalue weighted by Crippen LogP contribution is 2.23. The lowest BCUT2D eigenvalue weighted by molar-refractivity contribution is 0.0440. The van der Waals surface area contributed by atoms with Gasteiger partial charge in [-0.05, 0) is 12.8 Å². The summed E-state index contributed by atoms with van der Waals surface area (Å²) in [5.74, 6) is -0.0948. The maximum atomic E-state index is 11.9. The predicted molar refractivity (Wildman–Crippen MR) is 66.2 cm³/mol. The predicted octanol–water partition coefficient (Wildman–Crippen LogP) is 1.82. The monoisotopic (exact) mass is 304 g/mol. The van der Waals surface area contributed by atoms with E-state index in [2.05, 4.69) is 26.2 Å². The van der Waals surface area contributed by atoms with Crippen molar-refractivity contribution in [3.05, 3.63) is 16.6 Å². The van der Waals surface area contributed by atoms with Crippen LogP contribution in [-0.2, 0) is 4.74 Å². The van der Waals surface area contributed by atoms with Crippen LogP contribution in [0.2, 0.25) is 0 Å². The van der Waals surface area contributed by atoms with E-state index in [-0.39, 0.29) is 11.4 Å². The molecule has 16 heavy (non-hydrogen) atoms. The van der Waals surface area contributed by atoms with Gasteiger partial charge in [0.1, 0.15) is 5.69 Å². The van der Waals surface area contributed by atoms with Crippen molar-refractivity contribution >= 4 is 33.2 Å². The number of thiazole rings is 1. The van der Waals surface area contributed by atoms with E-state index in [1.54, 1.807) is 10.9 Å². The lowest BCUT2D eigenvalue weighted by Gasteiger charge is -2.36. The van der Waals surface area contributed by atoms with Gasteiger partial charge in [0.25, 0.3) is 5.91 Å². The molecular formula is C10H13BrN2O2S. The van der Waals surface area contributed by atoms with E-state index in [0.717, 1.165) is 18.2 Å². The molecule has 1 fully saturated rings. The number of nitrogens with zero attached hydrogens (tertiary/aromatic N) is 1. The van der Waals surface area contributed by atoms with Gasteiger partial charge in [0.2, 0.25) is 0 Å². The van der Waals surface area contributed by atoms with Crippen molar-refractivity contribution in [2.45, 2.75) is 18.4 Å². The average Bonchev–Trinajstić information content (AvgIpc) is 2.84. The van der Waals surface area contributed by atoms with E-state index < -0.39 is 0 Å². The Morgan fingerprint density at radius 1 is 1.62 bits per heavy atom. The van der Waals surface area contributed by atoms with Crippen molar-refractivity contribution in [3.8, 4) is 0 Å². The summed E-state index contributed by atoms with van der Waals surface area (Å²) >= 11 is 4.90. The van der Waals surface area contributed by atoms with Crippen molar-refractivity contribution in [1.82, 2.24) is 10.3 Å². The van der Waals surface area contributed by atoms with Gasteiger partial charge in [0.15, 0.2) is 0 Å². The molecule has 0 aliphatic carbocycles. The van der Waals surface area contributed by atoms with E-state index >= 15 is 0 Å². The highest BCUT2D eigenvalue weighted by atomic mass is 79.9. The first-order chi connectivity index (χ1) is 7.76. The second-order valence-corrected chi connectivity index (χ2v) is 5.13. The van der Waals surface area contributed by atoms with Gasteiger partial charge in [-0.2, -0.15) is 0 Å². The van der Waals surface area contributed by atoms with Gasteiger partial charge in [-0.25, -0.2) is 4.98 Å². The van der Waals surface area contributed by atoms with Crippen molar-refractivity contribution < 1.29 is 9.53 Å². The third-order valence-electron chi connectivity index (χ3n) is 2.75. The normalized spacial score (nSPS) is 19.3. The molecule has 0 saturated carbocycles. The second kappa shape index (κ2) is 5.25. The van der Waals surface area contributed by atoms with Crippen LogP contribution in [0.15, 0.2) is 10.9 Å². The number of nitrogens with one attached hydrogen (secondary N) is 1. The standard InChI is InChI=1S/C10H13BrN2O2S/c11-6-10(1-3-15-4-2-10)13-9(14)8-5-16-7-12-8/h5,7H,1-4,6H2,(H,13,14). The topological polar surface area (TPSA) is 51.2 Å². The molecule has 88 valence electrons. The molecule has 1 saturated heterocycles. The Balaban J connectivity index is 2.03. The van der Waals surface area contributed by atoms with Crippen LogP contribution in [0.3, 0.4) is 0 Å². The van der Waals surface area contributed by atoms with Crippen LogP contribution in [0, 0.1) is 0 Å². The van der Waals surface area contributed by atoms with Gasteiger partial charge in [0.05, 0.1) is 11.0 Å². The summed E-state index contributed by atoms with van der Waals surface area (Å²) in [6, 6.07) is 0. The summed E-state index contributed by atoms with van der Waals surface area (Å²) < 4.78 is 5.31. The number of hydrogen-bond donors (Lipinski definition) is 1. The highest BCUT2D eigenvalue weighted by Gasteiger charge is 2.33. The Kier molecular flexibility index (Phi) is 3.94. The molecule has 0 unspecified atom stereocenters. The zero-order chi connectivity index (χ0) is 11.4. The third kappa shape index (κ3) is 2.61. The van der Waals surface area contributed by atoms with Crippen molar-refractivity contribution in [1.29, 1.82) is 0 Å². The fourth-order valence-corrected chi connectivity index (χ4v) is 2.92. The first-order valence-electron chi connectivity index (χ1n) is 5.10. The molecule has 0 aromatic carbocycles. The first kappa shape index (κ1) is 12.0. The number of amides is 1. The average molecular weight is 305 g/mol. The minimum atomic E-state index is -0.182. The first-order valence-corrected chi connectivity index (χ1v) is 7.17. The van der Waals surface area contributed by atoms with E-state index in [9.17, 15) is 4.79 Å². The fourth-order valence-electron chi connectivity index (χ4n) is 1.68. The molecule has 0 atom stereocenters. The number of hydrogen-bond acceptors (Lipinski definition) is 4. The fraction of sp³-hybridized carbons (Fsp3) is 0.600. The molecule has 2 heterocycles. The summed E-state index contributed by atoms with van der Waals surface area (Å²) in [4.78, 5) is 15.9. The molecule has 1 aromatic heterocycles. The minimum absolute atomic E-state index is 0.0948. The molecule has 2 rings (SSSR count). The van der Waals surface area contributed by atoms with E-state index in [0.29, 0.717) is 18.9 Å². The van der Waals surface area contributed by atoms with E-state index in [1.807, 2.05) is 0 Å². The number of halogens is 1. The van der Waals surface area contributed by atoms with Gasteiger partial charge < -0.3 is 10.1 Å². The lowest BCUT2D eigenvalue weighted by Crippen LogP contribution is -2.53. The number of ether oxygens (including phenoxy) is 1. The SMILES string of the molecule is O=C(NC1(CBr)CCOCC1)c1cscn1. The van der Waals surface area contributed by atoms with E-state index in [4.69, 9.17) is 4.74 Å².